The van der Waals surface area contributed by atoms with Crippen molar-refractivity contribution in [3.8, 4) is 0 Å². The molecule has 0 amide bonds. The van der Waals surface area contributed by atoms with Crippen LogP contribution in [0.2, 0.25) is 0 Å². The summed E-state index contributed by atoms with van der Waals surface area (Å²) in [5, 5.41) is 0. The lowest BCUT2D eigenvalue weighted by Gasteiger charge is -2.39. The molecule has 0 radical (unpaired) electrons. The fourth-order valence-electron chi connectivity index (χ4n) is 1.89. The number of likely N-dealkylation sites (tertiary alicyclic amines) is 1. The highest BCUT2D eigenvalue weighted by atomic mass is 32.1. The summed E-state index contributed by atoms with van der Waals surface area (Å²) in [6, 6.07) is 0. The van der Waals surface area contributed by atoms with Gasteiger partial charge in [0.15, 0.2) is 0 Å². The van der Waals surface area contributed by atoms with Crippen LogP contribution in [-0.4, -0.2) is 22.9 Å². The lowest BCUT2D eigenvalue weighted by atomic mass is 9.94. The lowest BCUT2D eigenvalue weighted by molar-refractivity contribution is 0.131. The Balaban J connectivity index is 2.36. The van der Waals surface area contributed by atoms with Gasteiger partial charge in [0.25, 0.3) is 0 Å². The van der Waals surface area contributed by atoms with Crippen molar-refractivity contribution in [2.45, 2.75) is 44.9 Å². The van der Waals surface area contributed by atoms with E-state index in [9.17, 15) is 0 Å². The van der Waals surface area contributed by atoms with E-state index in [4.69, 9.17) is 0 Å². The molecule has 1 aliphatic rings. The van der Waals surface area contributed by atoms with E-state index in [-0.39, 0.29) is 4.87 Å². The van der Waals surface area contributed by atoms with Crippen LogP contribution in [0.1, 0.15) is 40.0 Å². The number of rotatable bonds is 2. The lowest BCUT2D eigenvalue weighted by Crippen LogP contribution is -2.44. The third kappa shape index (κ3) is 2.67. The highest BCUT2D eigenvalue weighted by molar-refractivity contribution is 7.81. The van der Waals surface area contributed by atoms with Gasteiger partial charge in [-0.1, -0.05) is 13.3 Å². The van der Waals surface area contributed by atoms with Crippen LogP contribution < -0.4 is 0 Å². The highest BCUT2D eigenvalue weighted by Gasteiger charge is 2.26. The van der Waals surface area contributed by atoms with Crippen LogP contribution in [0.5, 0.6) is 0 Å². The van der Waals surface area contributed by atoms with Gasteiger partial charge in [0, 0.05) is 0 Å². The Labute approximate surface area is 81.9 Å². The molecule has 0 saturated carbocycles. The van der Waals surface area contributed by atoms with Crippen LogP contribution in [0.15, 0.2) is 0 Å². The second-order valence-corrected chi connectivity index (χ2v) is 5.43. The third-order valence-corrected chi connectivity index (χ3v) is 3.25. The van der Waals surface area contributed by atoms with Crippen molar-refractivity contribution >= 4 is 12.6 Å². The average molecular weight is 187 g/mol. The fourth-order valence-corrected chi connectivity index (χ4v) is 2.09. The molecule has 0 aromatic rings. The van der Waals surface area contributed by atoms with Gasteiger partial charge in [-0.15, -0.1) is 0 Å². The van der Waals surface area contributed by atoms with Gasteiger partial charge >= 0.3 is 0 Å². The van der Waals surface area contributed by atoms with Gasteiger partial charge in [0.05, 0.1) is 4.87 Å². The average Bonchev–Trinajstić information content (AvgIpc) is 2.03. The molecule has 2 heteroatoms. The van der Waals surface area contributed by atoms with Crippen LogP contribution in [0, 0.1) is 5.92 Å². The molecule has 0 spiro atoms. The zero-order chi connectivity index (χ0) is 9.19. The molecule has 0 aromatic carbocycles. The zero-order valence-corrected chi connectivity index (χ0v) is 9.40. The van der Waals surface area contributed by atoms with Gasteiger partial charge in [-0.25, -0.2) is 0 Å². The maximum absolute atomic E-state index is 4.58. The van der Waals surface area contributed by atoms with E-state index in [1.807, 2.05) is 0 Å². The van der Waals surface area contributed by atoms with Gasteiger partial charge in [0.2, 0.25) is 0 Å². The molecule has 0 bridgehead atoms. The molecule has 1 rings (SSSR count). The molecule has 1 heterocycles. The van der Waals surface area contributed by atoms with Gasteiger partial charge in [0.1, 0.15) is 0 Å². The van der Waals surface area contributed by atoms with E-state index >= 15 is 0 Å². The molecule has 1 nitrogen and oxygen atoms in total. The quantitative estimate of drug-likeness (QED) is 0.651. The summed E-state index contributed by atoms with van der Waals surface area (Å²) in [6.45, 7) is 9.13. The molecule has 1 fully saturated rings. The first-order valence-electron chi connectivity index (χ1n) is 5.01. The van der Waals surface area contributed by atoms with Gasteiger partial charge in [-0.3, -0.25) is 4.90 Å². The Hall–Kier alpha value is 0.310. The molecule has 12 heavy (non-hydrogen) atoms. The van der Waals surface area contributed by atoms with E-state index < -0.39 is 0 Å². The molecular formula is C10H21NS. The van der Waals surface area contributed by atoms with Gasteiger partial charge < -0.3 is 0 Å². The van der Waals surface area contributed by atoms with Crippen LogP contribution in [0.4, 0.5) is 0 Å². The Morgan fingerprint density at radius 2 is 1.83 bits per heavy atom. The molecule has 1 saturated heterocycles. The summed E-state index contributed by atoms with van der Waals surface area (Å²) < 4.78 is 0. The highest BCUT2D eigenvalue weighted by Crippen LogP contribution is 2.27. The van der Waals surface area contributed by atoms with Crippen molar-refractivity contribution in [3.05, 3.63) is 0 Å². The number of hydrogen-bond donors (Lipinski definition) is 1. The maximum Gasteiger partial charge on any atom is 0.0583 e. The molecule has 1 aliphatic heterocycles. The zero-order valence-electron chi connectivity index (χ0n) is 8.51. The largest absolute Gasteiger partial charge is 0.290 e. The summed E-state index contributed by atoms with van der Waals surface area (Å²) in [4.78, 5) is 2.56. The second-order valence-electron chi connectivity index (χ2n) is 4.33. The second kappa shape index (κ2) is 4.01. The van der Waals surface area contributed by atoms with Gasteiger partial charge in [-0.05, 0) is 45.7 Å². The molecule has 72 valence electrons. The van der Waals surface area contributed by atoms with E-state index in [0.29, 0.717) is 0 Å². The van der Waals surface area contributed by atoms with Crippen molar-refractivity contribution in [1.29, 1.82) is 0 Å². The Morgan fingerprint density at radius 1 is 1.33 bits per heavy atom. The first-order chi connectivity index (χ1) is 5.54. The summed E-state index contributed by atoms with van der Waals surface area (Å²) >= 11 is 4.58. The summed E-state index contributed by atoms with van der Waals surface area (Å²) in [5.74, 6) is 0.969. The Bertz CT molecular complexity index is 131. The minimum Gasteiger partial charge on any atom is -0.290 e. The number of thiol groups is 1. The molecular weight excluding hydrogens is 166 g/mol. The van der Waals surface area contributed by atoms with Crippen molar-refractivity contribution in [1.82, 2.24) is 4.90 Å². The molecule has 0 aliphatic carbocycles. The predicted molar refractivity (Wildman–Crippen MR) is 57.7 cm³/mol. The minimum absolute atomic E-state index is 0.0821. The third-order valence-electron chi connectivity index (χ3n) is 2.97. The fraction of sp³-hybridized carbons (Fsp3) is 1.00. The Kier molecular flexibility index (Phi) is 3.47. The number of hydrogen-bond acceptors (Lipinski definition) is 2. The topological polar surface area (TPSA) is 3.24 Å². The van der Waals surface area contributed by atoms with Crippen molar-refractivity contribution < 1.29 is 0 Å². The summed E-state index contributed by atoms with van der Waals surface area (Å²) in [6.07, 6.45) is 4.07. The van der Waals surface area contributed by atoms with Crippen molar-refractivity contribution in [2.75, 3.05) is 13.1 Å². The monoisotopic (exact) mass is 187 g/mol. The normalized spacial score (nSPS) is 23.0. The van der Waals surface area contributed by atoms with E-state index in [0.717, 1.165) is 5.92 Å². The standard InChI is InChI=1S/C10H21NS/c1-4-9-5-7-11(8-6-9)10(2,3)12/h9,12H,4-8H2,1-3H3. The SMILES string of the molecule is CCC1CCN(C(C)(C)S)CC1. The first-order valence-corrected chi connectivity index (χ1v) is 5.46. The van der Waals surface area contributed by atoms with E-state index in [1.165, 1.54) is 32.4 Å². The molecule has 0 aromatic heterocycles. The predicted octanol–water partition coefficient (Wildman–Crippen LogP) is 2.77. The van der Waals surface area contributed by atoms with Crippen molar-refractivity contribution in [2.24, 2.45) is 5.92 Å². The molecule has 0 atom stereocenters. The number of nitrogens with zero attached hydrogens (tertiary/aromatic N) is 1. The van der Waals surface area contributed by atoms with Crippen LogP contribution in [-0.2, 0) is 0 Å². The van der Waals surface area contributed by atoms with Crippen LogP contribution in [0.3, 0.4) is 0 Å². The minimum atomic E-state index is 0.0821. The molecule has 0 N–H and O–H groups in total. The Morgan fingerprint density at radius 3 is 2.17 bits per heavy atom. The van der Waals surface area contributed by atoms with Crippen molar-refractivity contribution in [3.63, 3.8) is 0 Å². The smallest absolute Gasteiger partial charge is 0.0583 e. The van der Waals surface area contributed by atoms with Crippen LogP contribution >= 0.6 is 12.6 Å². The maximum atomic E-state index is 4.58. The summed E-state index contributed by atoms with van der Waals surface area (Å²) in [7, 11) is 0. The van der Waals surface area contributed by atoms with E-state index in [1.54, 1.807) is 0 Å². The van der Waals surface area contributed by atoms with Crippen LogP contribution in [0.25, 0.3) is 0 Å². The summed E-state index contributed by atoms with van der Waals surface area (Å²) in [5.41, 5.74) is 0. The first kappa shape index (κ1) is 10.4. The van der Waals surface area contributed by atoms with Gasteiger partial charge in [-0.2, -0.15) is 12.6 Å². The number of piperidine rings is 1. The van der Waals surface area contributed by atoms with E-state index in [2.05, 4.69) is 38.3 Å². The molecule has 0 unspecified atom stereocenters.